The largest absolute Gasteiger partial charge is 0.477 e. The lowest BCUT2D eigenvalue weighted by Gasteiger charge is -2.07. The molecule has 3 N–H and O–H groups in total. The molecule has 0 aliphatic carbocycles. The van der Waals surface area contributed by atoms with Gasteiger partial charge >= 0.3 is 11.6 Å². The average molecular weight is 297 g/mol. The summed E-state index contributed by atoms with van der Waals surface area (Å²) in [5, 5.41) is 9.40. The Morgan fingerprint density at radius 1 is 1.05 bits per heavy atom. The predicted molar refractivity (Wildman–Crippen MR) is 80.4 cm³/mol. The van der Waals surface area contributed by atoms with E-state index in [4.69, 9.17) is 20.0 Å². The Morgan fingerprint density at radius 3 is 2.41 bits per heavy atom. The van der Waals surface area contributed by atoms with Crippen LogP contribution in [0.1, 0.15) is 10.4 Å². The van der Waals surface area contributed by atoms with Crippen LogP contribution in [0.3, 0.4) is 0 Å². The fraction of sp³-hybridized carbons (Fsp3) is 0. The van der Waals surface area contributed by atoms with Gasteiger partial charge in [0.2, 0.25) is 0 Å². The fourth-order valence-corrected chi connectivity index (χ4v) is 1.98. The van der Waals surface area contributed by atoms with Crippen molar-refractivity contribution in [2.75, 3.05) is 5.73 Å². The summed E-state index contributed by atoms with van der Waals surface area (Å²) in [5.74, 6) is -0.278. The van der Waals surface area contributed by atoms with Crippen LogP contribution in [0.5, 0.6) is 11.5 Å². The van der Waals surface area contributed by atoms with Crippen LogP contribution in [-0.2, 0) is 0 Å². The van der Waals surface area contributed by atoms with Crippen LogP contribution in [0, 0.1) is 0 Å². The van der Waals surface area contributed by atoms with Crippen molar-refractivity contribution >= 4 is 22.6 Å². The van der Waals surface area contributed by atoms with Crippen molar-refractivity contribution in [1.82, 2.24) is 0 Å². The molecule has 22 heavy (non-hydrogen) atoms. The highest BCUT2D eigenvalue weighted by Crippen LogP contribution is 2.26. The molecule has 0 amide bonds. The molecule has 6 nitrogen and oxygen atoms in total. The van der Waals surface area contributed by atoms with E-state index in [2.05, 4.69) is 0 Å². The van der Waals surface area contributed by atoms with Crippen LogP contribution in [0.4, 0.5) is 5.69 Å². The van der Waals surface area contributed by atoms with Crippen molar-refractivity contribution in [2.24, 2.45) is 0 Å². The Hall–Kier alpha value is -3.28. The van der Waals surface area contributed by atoms with Gasteiger partial charge in [0, 0.05) is 17.1 Å². The van der Waals surface area contributed by atoms with E-state index in [9.17, 15) is 9.59 Å². The van der Waals surface area contributed by atoms with Crippen molar-refractivity contribution in [2.45, 2.75) is 0 Å². The van der Waals surface area contributed by atoms with E-state index in [-0.39, 0.29) is 5.58 Å². The maximum absolute atomic E-state index is 11.6. The van der Waals surface area contributed by atoms with Gasteiger partial charge in [0.05, 0.1) is 0 Å². The van der Waals surface area contributed by atoms with Crippen molar-refractivity contribution < 1.29 is 19.1 Å². The third-order valence-electron chi connectivity index (χ3n) is 3.05. The highest BCUT2D eigenvalue weighted by Gasteiger charge is 2.12. The van der Waals surface area contributed by atoms with Crippen LogP contribution in [0.2, 0.25) is 0 Å². The maximum atomic E-state index is 11.6. The van der Waals surface area contributed by atoms with Crippen molar-refractivity contribution in [3.63, 3.8) is 0 Å². The summed E-state index contributed by atoms with van der Waals surface area (Å²) in [6.45, 7) is 0. The average Bonchev–Trinajstić information content (AvgIpc) is 2.48. The van der Waals surface area contributed by atoms with Gasteiger partial charge in [-0.25, -0.2) is 9.59 Å². The van der Waals surface area contributed by atoms with Crippen molar-refractivity contribution in [3.8, 4) is 11.5 Å². The van der Waals surface area contributed by atoms with E-state index in [1.165, 1.54) is 12.1 Å². The summed E-state index contributed by atoms with van der Waals surface area (Å²) >= 11 is 0. The molecule has 0 spiro atoms. The summed E-state index contributed by atoms with van der Waals surface area (Å²) in [6, 6.07) is 12.9. The van der Waals surface area contributed by atoms with Crippen LogP contribution in [-0.4, -0.2) is 11.1 Å². The highest BCUT2D eigenvalue weighted by atomic mass is 16.5. The zero-order chi connectivity index (χ0) is 15.7. The van der Waals surface area contributed by atoms with E-state index in [0.29, 0.717) is 22.6 Å². The van der Waals surface area contributed by atoms with E-state index in [1.807, 2.05) is 0 Å². The molecule has 0 saturated carbocycles. The molecule has 0 fully saturated rings. The van der Waals surface area contributed by atoms with Gasteiger partial charge in [0.25, 0.3) is 0 Å². The SMILES string of the molecule is Nc1ccc(Oc2ccc3cc(C(=O)O)c(=O)oc3c2)cc1. The molecular weight excluding hydrogens is 286 g/mol. The highest BCUT2D eigenvalue weighted by molar-refractivity contribution is 5.91. The Bertz CT molecular complexity index is 912. The standard InChI is InChI=1S/C16H11NO5/c17-10-2-5-11(6-3-10)21-12-4-1-9-7-13(15(18)19)16(20)22-14(9)8-12/h1-8H,17H2,(H,18,19). The number of fused-ring (bicyclic) bond motifs is 1. The molecule has 3 rings (SSSR count). The van der Waals surface area contributed by atoms with Crippen LogP contribution < -0.4 is 16.1 Å². The number of carboxylic acid groups (broad SMARTS) is 1. The molecule has 0 saturated heterocycles. The minimum atomic E-state index is -1.32. The monoisotopic (exact) mass is 297 g/mol. The molecule has 0 unspecified atom stereocenters. The fourth-order valence-electron chi connectivity index (χ4n) is 1.98. The van der Waals surface area contributed by atoms with Gasteiger partial charge in [0.15, 0.2) is 0 Å². The van der Waals surface area contributed by atoms with Crippen molar-refractivity contribution in [1.29, 1.82) is 0 Å². The Labute approximate surface area is 124 Å². The molecule has 0 atom stereocenters. The molecule has 110 valence electrons. The molecule has 0 bridgehead atoms. The number of carboxylic acids is 1. The predicted octanol–water partition coefficient (Wildman–Crippen LogP) is 2.87. The van der Waals surface area contributed by atoms with Crippen LogP contribution in [0.15, 0.2) is 57.7 Å². The third-order valence-corrected chi connectivity index (χ3v) is 3.05. The summed E-state index contributed by atoms with van der Waals surface area (Å²) in [6.07, 6.45) is 0. The van der Waals surface area contributed by atoms with E-state index >= 15 is 0 Å². The van der Waals surface area contributed by atoms with Gasteiger partial charge in [-0.1, -0.05) is 0 Å². The summed E-state index contributed by atoms with van der Waals surface area (Å²) < 4.78 is 10.6. The Morgan fingerprint density at radius 2 is 1.73 bits per heavy atom. The second kappa shape index (κ2) is 5.25. The zero-order valence-corrected chi connectivity index (χ0v) is 11.3. The van der Waals surface area contributed by atoms with Gasteiger partial charge < -0.3 is 20.0 Å². The molecule has 0 aliphatic heterocycles. The lowest BCUT2D eigenvalue weighted by molar-refractivity contribution is 0.0692. The topological polar surface area (TPSA) is 103 Å². The summed E-state index contributed by atoms with van der Waals surface area (Å²) in [5.41, 5.74) is 5.17. The number of ether oxygens (including phenoxy) is 1. The van der Waals surface area contributed by atoms with Gasteiger partial charge in [-0.15, -0.1) is 0 Å². The quantitative estimate of drug-likeness (QED) is 0.569. The zero-order valence-electron chi connectivity index (χ0n) is 11.3. The lowest BCUT2D eigenvalue weighted by atomic mass is 10.2. The molecule has 6 heteroatoms. The number of aromatic carboxylic acids is 1. The molecule has 3 aromatic rings. The van der Waals surface area contributed by atoms with Gasteiger partial charge in [-0.05, 0) is 42.5 Å². The first-order chi connectivity index (χ1) is 10.5. The van der Waals surface area contributed by atoms with Crippen molar-refractivity contribution in [3.05, 3.63) is 64.5 Å². The van der Waals surface area contributed by atoms with Crippen LogP contribution in [0.25, 0.3) is 11.0 Å². The van der Waals surface area contributed by atoms with Gasteiger partial charge in [0.1, 0.15) is 22.6 Å². The second-order valence-electron chi connectivity index (χ2n) is 4.62. The minimum Gasteiger partial charge on any atom is -0.477 e. The number of benzene rings is 2. The first kappa shape index (κ1) is 13.7. The lowest BCUT2D eigenvalue weighted by Crippen LogP contribution is -2.12. The second-order valence-corrected chi connectivity index (χ2v) is 4.62. The van der Waals surface area contributed by atoms with E-state index < -0.39 is 17.2 Å². The number of nitrogens with two attached hydrogens (primary N) is 1. The number of nitrogen functional groups attached to an aromatic ring is 1. The molecule has 0 aliphatic rings. The summed E-state index contributed by atoms with van der Waals surface area (Å²) in [7, 11) is 0. The molecule has 1 heterocycles. The Kier molecular flexibility index (Phi) is 3.27. The van der Waals surface area contributed by atoms with Crippen LogP contribution >= 0.6 is 0 Å². The normalized spacial score (nSPS) is 10.5. The molecular formula is C16H11NO5. The number of rotatable bonds is 3. The first-order valence-corrected chi connectivity index (χ1v) is 6.37. The minimum absolute atomic E-state index is 0.253. The maximum Gasteiger partial charge on any atom is 0.351 e. The smallest absolute Gasteiger partial charge is 0.351 e. The number of anilines is 1. The third kappa shape index (κ3) is 2.62. The number of carbonyl (C=O) groups is 1. The first-order valence-electron chi connectivity index (χ1n) is 6.37. The van der Waals surface area contributed by atoms with Gasteiger partial charge in [-0.3, -0.25) is 0 Å². The van der Waals surface area contributed by atoms with Gasteiger partial charge in [-0.2, -0.15) is 0 Å². The molecule has 0 radical (unpaired) electrons. The molecule has 1 aromatic heterocycles. The summed E-state index contributed by atoms with van der Waals surface area (Å²) in [4.78, 5) is 22.5. The van der Waals surface area contributed by atoms with E-state index in [0.717, 1.165) is 0 Å². The Balaban J connectivity index is 1.99. The molecule has 2 aromatic carbocycles. The number of hydrogen-bond acceptors (Lipinski definition) is 5. The number of hydrogen-bond donors (Lipinski definition) is 2. The van der Waals surface area contributed by atoms with E-state index in [1.54, 1.807) is 36.4 Å².